The normalized spacial score (nSPS) is 29.4. The fraction of sp³-hybridized carbons (Fsp3) is 0.647. The number of para-hydroxylation sites is 2. The highest BCUT2D eigenvalue weighted by molar-refractivity contribution is 5.57. The van der Waals surface area contributed by atoms with Crippen LogP contribution in [0, 0.1) is 5.92 Å². The Kier molecular flexibility index (Phi) is 4.16. The summed E-state index contributed by atoms with van der Waals surface area (Å²) >= 11 is 0. The highest BCUT2D eigenvalue weighted by Crippen LogP contribution is 2.30. The van der Waals surface area contributed by atoms with Gasteiger partial charge >= 0.3 is 0 Å². The third-order valence-corrected chi connectivity index (χ3v) is 4.82. The van der Waals surface area contributed by atoms with Crippen LogP contribution < -0.4 is 10.1 Å². The molecule has 3 heteroatoms. The van der Waals surface area contributed by atoms with Crippen LogP contribution in [-0.2, 0) is 0 Å². The molecule has 3 atom stereocenters. The zero-order chi connectivity index (χ0) is 13.9. The minimum atomic E-state index is 0.254. The van der Waals surface area contributed by atoms with Crippen LogP contribution >= 0.6 is 0 Å². The van der Waals surface area contributed by atoms with Crippen LogP contribution in [0.4, 0.5) is 5.69 Å². The number of fused-ring (bicyclic) bond motifs is 1. The number of rotatable bonds is 3. The first kappa shape index (κ1) is 13.7. The van der Waals surface area contributed by atoms with Crippen LogP contribution in [0.5, 0.6) is 5.75 Å². The van der Waals surface area contributed by atoms with Crippen molar-refractivity contribution in [2.45, 2.75) is 44.8 Å². The maximum Gasteiger partial charge on any atom is 0.142 e. The average molecular weight is 274 g/mol. The lowest BCUT2D eigenvalue weighted by Gasteiger charge is -2.39. The number of nitrogens with zero attached hydrogens (tertiary/aromatic N) is 1. The van der Waals surface area contributed by atoms with Crippen molar-refractivity contribution in [2.24, 2.45) is 5.92 Å². The fourth-order valence-corrected chi connectivity index (χ4v) is 3.67. The third kappa shape index (κ3) is 2.93. The van der Waals surface area contributed by atoms with E-state index in [4.69, 9.17) is 4.74 Å². The summed E-state index contributed by atoms with van der Waals surface area (Å²) in [6.45, 7) is 4.31. The van der Waals surface area contributed by atoms with Gasteiger partial charge < -0.3 is 10.1 Å². The lowest BCUT2D eigenvalue weighted by Crippen LogP contribution is -2.46. The molecule has 1 heterocycles. The smallest absolute Gasteiger partial charge is 0.142 e. The second-order valence-corrected chi connectivity index (χ2v) is 6.39. The van der Waals surface area contributed by atoms with Crippen molar-refractivity contribution < 1.29 is 4.74 Å². The minimum absolute atomic E-state index is 0.254. The van der Waals surface area contributed by atoms with Gasteiger partial charge in [-0.05, 0) is 37.9 Å². The van der Waals surface area contributed by atoms with Crippen LogP contribution in [0.3, 0.4) is 0 Å². The van der Waals surface area contributed by atoms with Crippen LogP contribution in [0.15, 0.2) is 24.3 Å². The van der Waals surface area contributed by atoms with E-state index in [0.717, 1.165) is 36.5 Å². The van der Waals surface area contributed by atoms with Crippen LogP contribution in [0.25, 0.3) is 0 Å². The number of benzene rings is 1. The first-order valence-corrected chi connectivity index (χ1v) is 7.94. The van der Waals surface area contributed by atoms with Crippen molar-refractivity contribution in [1.29, 1.82) is 0 Å². The summed E-state index contributed by atoms with van der Waals surface area (Å²) in [5.41, 5.74) is 1.12. The number of ether oxygens (including phenoxy) is 1. The first-order chi connectivity index (χ1) is 9.74. The van der Waals surface area contributed by atoms with Crippen molar-refractivity contribution in [3.05, 3.63) is 24.3 Å². The van der Waals surface area contributed by atoms with Crippen molar-refractivity contribution in [2.75, 3.05) is 25.5 Å². The first-order valence-electron chi connectivity index (χ1n) is 7.94. The molecule has 1 aliphatic heterocycles. The van der Waals surface area contributed by atoms with Gasteiger partial charge in [0.05, 0.1) is 12.2 Å². The van der Waals surface area contributed by atoms with E-state index in [0.29, 0.717) is 0 Å². The molecule has 0 saturated heterocycles. The quantitative estimate of drug-likeness (QED) is 0.914. The standard InChI is InChI=1S/C17H26N2O/c1-13-7-3-5-9-16(13)19(2)12-14-11-18-15-8-4-6-10-17(15)20-14/h4,6,8,10,13-14,16,18H,3,5,7,9,11-12H2,1-2H3. The summed E-state index contributed by atoms with van der Waals surface area (Å²) in [6, 6.07) is 8.95. The highest BCUT2D eigenvalue weighted by Gasteiger charge is 2.28. The van der Waals surface area contributed by atoms with Gasteiger partial charge in [-0.2, -0.15) is 0 Å². The molecule has 110 valence electrons. The lowest BCUT2D eigenvalue weighted by atomic mass is 9.85. The summed E-state index contributed by atoms with van der Waals surface area (Å²) in [5, 5.41) is 3.48. The Hall–Kier alpha value is -1.22. The topological polar surface area (TPSA) is 24.5 Å². The van der Waals surface area contributed by atoms with Crippen LogP contribution in [-0.4, -0.2) is 37.2 Å². The molecule has 0 amide bonds. The van der Waals surface area contributed by atoms with Crippen molar-refractivity contribution in [1.82, 2.24) is 4.90 Å². The van der Waals surface area contributed by atoms with Gasteiger partial charge in [-0.3, -0.25) is 4.90 Å². The van der Waals surface area contributed by atoms with E-state index in [9.17, 15) is 0 Å². The molecule has 0 spiro atoms. The van der Waals surface area contributed by atoms with Gasteiger partial charge in [-0.25, -0.2) is 0 Å². The zero-order valence-electron chi connectivity index (χ0n) is 12.6. The van der Waals surface area contributed by atoms with E-state index in [1.165, 1.54) is 25.7 Å². The van der Waals surface area contributed by atoms with Gasteiger partial charge in [-0.1, -0.05) is 31.9 Å². The molecule has 1 aromatic rings. The Balaban J connectivity index is 1.59. The molecule has 1 aliphatic carbocycles. The van der Waals surface area contributed by atoms with Gasteiger partial charge in [0.2, 0.25) is 0 Å². The van der Waals surface area contributed by atoms with Crippen LogP contribution in [0.1, 0.15) is 32.6 Å². The number of nitrogens with one attached hydrogen (secondary N) is 1. The maximum atomic E-state index is 6.12. The number of likely N-dealkylation sites (N-methyl/N-ethyl adjacent to an activating group) is 1. The van der Waals surface area contributed by atoms with Gasteiger partial charge in [0.1, 0.15) is 11.9 Å². The molecule has 0 bridgehead atoms. The van der Waals surface area contributed by atoms with Crippen molar-refractivity contribution >= 4 is 5.69 Å². The molecule has 0 radical (unpaired) electrons. The number of hydrogen-bond donors (Lipinski definition) is 1. The zero-order valence-corrected chi connectivity index (χ0v) is 12.6. The molecule has 1 saturated carbocycles. The van der Waals surface area contributed by atoms with E-state index < -0.39 is 0 Å². The minimum Gasteiger partial charge on any atom is -0.485 e. The highest BCUT2D eigenvalue weighted by atomic mass is 16.5. The summed E-state index contributed by atoms with van der Waals surface area (Å²) in [4.78, 5) is 2.52. The number of anilines is 1. The SMILES string of the molecule is CC1CCCCC1N(C)CC1CNc2ccccc2O1. The maximum absolute atomic E-state index is 6.12. The van der Waals surface area contributed by atoms with E-state index in [1.54, 1.807) is 0 Å². The monoisotopic (exact) mass is 274 g/mol. The van der Waals surface area contributed by atoms with Crippen LogP contribution in [0.2, 0.25) is 0 Å². The largest absolute Gasteiger partial charge is 0.485 e. The molecular formula is C17H26N2O. The number of hydrogen-bond acceptors (Lipinski definition) is 3. The van der Waals surface area contributed by atoms with E-state index in [-0.39, 0.29) is 6.10 Å². The van der Waals surface area contributed by atoms with E-state index in [2.05, 4.69) is 36.3 Å². The fourth-order valence-electron chi connectivity index (χ4n) is 3.67. The molecule has 1 aromatic carbocycles. The molecule has 20 heavy (non-hydrogen) atoms. The predicted octanol–water partition coefficient (Wildman–Crippen LogP) is 3.37. The van der Waals surface area contributed by atoms with Gasteiger partial charge in [0, 0.05) is 12.6 Å². The van der Waals surface area contributed by atoms with E-state index in [1.807, 2.05) is 12.1 Å². The molecule has 2 aliphatic rings. The Labute approximate surface area is 122 Å². The van der Waals surface area contributed by atoms with Gasteiger partial charge in [0.25, 0.3) is 0 Å². The second-order valence-electron chi connectivity index (χ2n) is 6.39. The van der Waals surface area contributed by atoms with Gasteiger partial charge in [0.15, 0.2) is 0 Å². The Bertz CT molecular complexity index is 448. The summed E-state index contributed by atoms with van der Waals surface area (Å²) in [6.07, 6.45) is 5.76. The summed E-state index contributed by atoms with van der Waals surface area (Å²) < 4.78 is 6.12. The Morgan fingerprint density at radius 3 is 2.90 bits per heavy atom. The van der Waals surface area contributed by atoms with E-state index >= 15 is 0 Å². The van der Waals surface area contributed by atoms with Crippen molar-refractivity contribution in [3.63, 3.8) is 0 Å². The average Bonchev–Trinajstić information content (AvgIpc) is 2.47. The Morgan fingerprint density at radius 1 is 1.25 bits per heavy atom. The summed E-state index contributed by atoms with van der Waals surface area (Å²) in [5.74, 6) is 1.81. The molecule has 1 fully saturated rings. The molecule has 3 nitrogen and oxygen atoms in total. The third-order valence-electron chi connectivity index (χ3n) is 4.82. The summed E-state index contributed by atoms with van der Waals surface area (Å²) in [7, 11) is 2.26. The molecule has 3 rings (SSSR count). The van der Waals surface area contributed by atoms with Gasteiger partial charge in [-0.15, -0.1) is 0 Å². The van der Waals surface area contributed by atoms with Crippen molar-refractivity contribution in [3.8, 4) is 5.75 Å². The predicted molar refractivity (Wildman–Crippen MR) is 83.4 cm³/mol. The molecular weight excluding hydrogens is 248 g/mol. The second kappa shape index (κ2) is 6.04. The molecule has 0 aromatic heterocycles. The molecule has 1 N–H and O–H groups in total. The Morgan fingerprint density at radius 2 is 2.05 bits per heavy atom. The lowest BCUT2D eigenvalue weighted by molar-refractivity contribution is 0.0855. The molecule has 3 unspecified atom stereocenters.